The van der Waals surface area contributed by atoms with Crippen molar-refractivity contribution in [1.29, 1.82) is 5.26 Å². The van der Waals surface area contributed by atoms with Gasteiger partial charge >= 0.3 is 6.09 Å². The molecule has 1 aromatic carbocycles. The highest BCUT2D eigenvalue weighted by Crippen LogP contribution is 2.53. The van der Waals surface area contributed by atoms with Gasteiger partial charge in [-0.25, -0.2) is 13.6 Å². The first kappa shape index (κ1) is 22.1. The highest BCUT2D eigenvalue weighted by molar-refractivity contribution is 5.89. The van der Waals surface area contributed by atoms with Gasteiger partial charge in [-0.05, 0) is 38.8 Å². The lowest BCUT2D eigenvalue weighted by Crippen LogP contribution is -2.59. The number of nitriles is 1. The molecule has 2 fully saturated rings. The van der Waals surface area contributed by atoms with Crippen molar-refractivity contribution < 1.29 is 23.1 Å². The maximum absolute atomic E-state index is 14.0. The van der Waals surface area contributed by atoms with Crippen LogP contribution in [0.5, 0.6) is 0 Å². The lowest BCUT2D eigenvalue weighted by molar-refractivity contribution is -0.167. The molecule has 1 aliphatic heterocycles. The van der Waals surface area contributed by atoms with Crippen molar-refractivity contribution in [3.05, 3.63) is 36.0 Å². The Bertz CT molecular complexity index is 1080. The molecule has 9 heteroatoms. The predicted octanol–water partition coefficient (Wildman–Crippen LogP) is 3.75. The number of ether oxygens (including phenoxy) is 1. The normalized spacial score (nSPS) is 24.9. The number of amides is 2. The molecule has 0 bridgehead atoms. The van der Waals surface area contributed by atoms with Gasteiger partial charge in [-0.3, -0.25) is 4.79 Å². The minimum Gasteiger partial charge on any atom is -0.444 e. The molecule has 1 saturated carbocycles. The van der Waals surface area contributed by atoms with Crippen LogP contribution in [-0.2, 0) is 16.0 Å². The first-order valence-electron chi connectivity index (χ1n) is 10.6. The van der Waals surface area contributed by atoms with E-state index in [0.29, 0.717) is 0 Å². The minimum atomic E-state index is -2.88. The average molecular weight is 444 g/mol. The number of aromatic nitrogens is 1. The Balaban J connectivity index is 1.62. The molecule has 0 spiro atoms. The Hall–Kier alpha value is -3.15. The van der Waals surface area contributed by atoms with Gasteiger partial charge in [-0.1, -0.05) is 18.2 Å². The van der Waals surface area contributed by atoms with Crippen LogP contribution in [0.15, 0.2) is 30.5 Å². The zero-order valence-electron chi connectivity index (χ0n) is 18.2. The lowest BCUT2D eigenvalue weighted by atomic mass is 9.75. The quantitative estimate of drug-likeness (QED) is 0.750. The highest BCUT2D eigenvalue weighted by Gasteiger charge is 2.64. The van der Waals surface area contributed by atoms with Crippen molar-refractivity contribution in [3.63, 3.8) is 0 Å². The Morgan fingerprint density at radius 2 is 2.09 bits per heavy atom. The van der Waals surface area contributed by atoms with Gasteiger partial charge in [-0.15, -0.1) is 0 Å². The number of carbonyl (C=O) groups excluding carboxylic acids is 2. The number of hydrogen-bond donors (Lipinski definition) is 2. The van der Waals surface area contributed by atoms with Crippen LogP contribution in [0.3, 0.4) is 0 Å². The largest absolute Gasteiger partial charge is 0.444 e. The fourth-order valence-electron chi connectivity index (χ4n) is 4.68. The number of halogens is 2. The Labute approximate surface area is 184 Å². The van der Waals surface area contributed by atoms with Crippen LogP contribution in [0.1, 0.15) is 39.2 Å². The van der Waals surface area contributed by atoms with Gasteiger partial charge in [0.1, 0.15) is 17.7 Å². The summed E-state index contributed by atoms with van der Waals surface area (Å²) in [5.41, 5.74) is 0.890. The van der Waals surface area contributed by atoms with Gasteiger partial charge in [0.25, 0.3) is 5.92 Å². The Morgan fingerprint density at radius 1 is 1.38 bits per heavy atom. The summed E-state index contributed by atoms with van der Waals surface area (Å²) in [6.07, 6.45) is 0.581. The number of carbonyl (C=O) groups is 2. The molecule has 1 aromatic heterocycles. The molecule has 170 valence electrons. The summed E-state index contributed by atoms with van der Waals surface area (Å²) in [4.78, 5) is 30.4. The number of likely N-dealkylation sites (tertiary alicyclic amines) is 1. The first-order chi connectivity index (χ1) is 15.0. The van der Waals surface area contributed by atoms with E-state index in [1.165, 1.54) is 4.90 Å². The van der Waals surface area contributed by atoms with E-state index in [1.807, 2.05) is 30.3 Å². The fraction of sp³-hybridized carbons (Fsp3) is 0.522. The number of nitrogens with zero attached hydrogens (tertiary/aromatic N) is 2. The number of rotatable bonds is 4. The van der Waals surface area contributed by atoms with Crippen LogP contribution >= 0.6 is 0 Å². The number of para-hydroxylation sites is 1. The summed E-state index contributed by atoms with van der Waals surface area (Å²) >= 11 is 0. The summed E-state index contributed by atoms with van der Waals surface area (Å²) in [5.74, 6) is -4.44. The molecular weight excluding hydrogens is 418 g/mol. The molecule has 4 rings (SSSR count). The Kier molecular flexibility index (Phi) is 5.35. The molecule has 4 atom stereocenters. The van der Waals surface area contributed by atoms with Gasteiger partial charge in [0.05, 0.1) is 6.07 Å². The number of aromatic amines is 1. The summed E-state index contributed by atoms with van der Waals surface area (Å²) in [6.45, 7) is 5.11. The maximum Gasteiger partial charge on any atom is 0.408 e. The van der Waals surface area contributed by atoms with Crippen LogP contribution in [0, 0.1) is 17.2 Å². The number of benzene rings is 1. The lowest BCUT2D eigenvalue weighted by Gasteiger charge is -2.43. The molecule has 1 aliphatic carbocycles. The van der Waals surface area contributed by atoms with E-state index in [4.69, 9.17) is 4.74 Å². The van der Waals surface area contributed by atoms with Crippen molar-refractivity contribution >= 4 is 22.9 Å². The number of alkyl halides is 2. The molecule has 2 N–H and O–H groups in total. The van der Waals surface area contributed by atoms with Gasteiger partial charge in [-0.2, -0.15) is 5.26 Å². The van der Waals surface area contributed by atoms with Crippen molar-refractivity contribution in [1.82, 2.24) is 15.2 Å². The standard InChI is InChI=1S/C23H26F2N4O3/c1-22(2,3)32-21(31)28-18(8-13-12-27-17-7-5-4-6-15(13)17)20(30)29-14(11-26)9-16-19(29)10-23(16,24)25/h4-7,12,14,16,18-19,27H,8-10H2,1-3H3,(H,28,31)/t14?,16-,18?,19-/m0/s1. The number of nitrogens with one attached hydrogen (secondary N) is 2. The molecule has 2 aromatic rings. The molecule has 2 amide bonds. The van der Waals surface area contributed by atoms with Gasteiger partial charge < -0.3 is 19.9 Å². The smallest absolute Gasteiger partial charge is 0.408 e. The van der Waals surface area contributed by atoms with E-state index in [9.17, 15) is 23.6 Å². The van der Waals surface area contributed by atoms with Crippen LogP contribution in [-0.4, -0.2) is 51.5 Å². The van der Waals surface area contributed by atoms with Crippen LogP contribution in [0.4, 0.5) is 13.6 Å². The minimum absolute atomic E-state index is 0.0633. The molecule has 2 aliphatic rings. The number of hydrogen-bond acceptors (Lipinski definition) is 4. The summed E-state index contributed by atoms with van der Waals surface area (Å²) in [7, 11) is 0. The molecule has 1 saturated heterocycles. The fourth-order valence-corrected chi connectivity index (χ4v) is 4.68. The van der Waals surface area contributed by atoms with Crippen LogP contribution < -0.4 is 5.32 Å². The topological polar surface area (TPSA) is 98.2 Å². The van der Waals surface area contributed by atoms with Crippen molar-refractivity contribution in [2.75, 3.05) is 0 Å². The summed E-state index contributed by atoms with van der Waals surface area (Å²) < 4.78 is 33.3. The molecule has 32 heavy (non-hydrogen) atoms. The van der Waals surface area contributed by atoms with Gasteiger partial charge in [0, 0.05) is 41.9 Å². The number of fused-ring (bicyclic) bond motifs is 2. The van der Waals surface area contributed by atoms with Gasteiger partial charge in [0.15, 0.2) is 0 Å². The van der Waals surface area contributed by atoms with Gasteiger partial charge in [0.2, 0.25) is 5.91 Å². The van der Waals surface area contributed by atoms with Crippen molar-refractivity contribution in [2.24, 2.45) is 5.92 Å². The van der Waals surface area contributed by atoms with Crippen LogP contribution in [0.25, 0.3) is 10.9 Å². The molecule has 2 heterocycles. The molecule has 0 radical (unpaired) electrons. The van der Waals surface area contributed by atoms with Crippen molar-refractivity contribution in [2.45, 2.75) is 69.7 Å². The summed E-state index contributed by atoms with van der Waals surface area (Å²) in [5, 5.41) is 13.0. The predicted molar refractivity (Wildman–Crippen MR) is 113 cm³/mol. The molecule has 7 nitrogen and oxygen atoms in total. The van der Waals surface area contributed by atoms with E-state index in [2.05, 4.69) is 10.3 Å². The molecule has 2 unspecified atom stereocenters. The third-order valence-electron chi connectivity index (χ3n) is 6.15. The Morgan fingerprint density at radius 3 is 2.75 bits per heavy atom. The van der Waals surface area contributed by atoms with E-state index in [0.717, 1.165) is 16.5 Å². The second-order valence-corrected chi connectivity index (χ2v) is 9.53. The highest BCUT2D eigenvalue weighted by atomic mass is 19.3. The van der Waals surface area contributed by atoms with E-state index >= 15 is 0 Å². The average Bonchev–Trinajstić information content (AvgIpc) is 3.25. The number of alkyl carbamates (subject to hydrolysis) is 1. The maximum atomic E-state index is 14.0. The van der Waals surface area contributed by atoms with Crippen molar-refractivity contribution in [3.8, 4) is 6.07 Å². The second kappa shape index (κ2) is 7.76. The third-order valence-corrected chi connectivity index (χ3v) is 6.15. The van der Waals surface area contributed by atoms with E-state index in [1.54, 1.807) is 27.0 Å². The van der Waals surface area contributed by atoms with E-state index < -0.39 is 54.0 Å². The zero-order chi connectivity index (χ0) is 23.3. The van der Waals surface area contributed by atoms with E-state index in [-0.39, 0.29) is 12.8 Å². The monoisotopic (exact) mass is 444 g/mol. The first-order valence-corrected chi connectivity index (χ1v) is 10.6. The zero-order valence-corrected chi connectivity index (χ0v) is 18.2. The molecular formula is C23H26F2N4O3. The van der Waals surface area contributed by atoms with Crippen LogP contribution in [0.2, 0.25) is 0 Å². The number of H-pyrrole nitrogens is 1. The summed E-state index contributed by atoms with van der Waals surface area (Å²) in [6, 6.07) is 6.81. The third kappa shape index (κ3) is 4.01. The SMILES string of the molecule is CC(C)(C)OC(=O)NC(Cc1c[nH]c2ccccc12)C(=O)N1C(C#N)C[C@H]2[C@@H]1CC2(F)F. The second-order valence-electron chi connectivity index (χ2n) is 9.53.